The Bertz CT molecular complexity index is 718. The Morgan fingerprint density at radius 2 is 2.00 bits per heavy atom. The standard InChI is InChI=1S/C22H29N3O2/c1-24(15-16-27-2)21-11-10-20(17-23-21)22(26)25-13-6-9-19(12-14-25)18-7-4-3-5-8-18/h3-5,7-8,10-11,17,19H,6,9,12-16H2,1-2H3/t19-/m1/s1. The molecule has 0 radical (unpaired) electrons. The molecule has 144 valence electrons. The van der Waals surface area contributed by atoms with Crippen LogP contribution in [0.3, 0.4) is 0 Å². The van der Waals surface area contributed by atoms with Gasteiger partial charge < -0.3 is 14.5 Å². The number of nitrogens with zero attached hydrogens (tertiary/aromatic N) is 3. The van der Waals surface area contributed by atoms with Crippen molar-refractivity contribution in [1.82, 2.24) is 9.88 Å². The van der Waals surface area contributed by atoms with Crippen molar-refractivity contribution in [2.45, 2.75) is 25.2 Å². The number of pyridine rings is 1. The SMILES string of the molecule is COCCN(C)c1ccc(C(=O)N2CCC[C@@H](c3ccccc3)CC2)cn1. The van der Waals surface area contributed by atoms with Crippen LogP contribution in [0, 0.1) is 0 Å². The predicted molar refractivity (Wildman–Crippen MR) is 108 cm³/mol. The second-order valence-electron chi connectivity index (χ2n) is 7.15. The molecule has 27 heavy (non-hydrogen) atoms. The summed E-state index contributed by atoms with van der Waals surface area (Å²) in [5, 5.41) is 0. The van der Waals surface area contributed by atoms with Crippen LogP contribution in [0.5, 0.6) is 0 Å². The van der Waals surface area contributed by atoms with E-state index in [0.29, 0.717) is 18.1 Å². The van der Waals surface area contributed by atoms with Gasteiger partial charge in [-0.25, -0.2) is 4.98 Å². The largest absolute Gasteiger partial charge is 0.383 e. The minimum absolute atomic E-state index is 0.0855. The van der Waals surface area contributed by atoms with Crippen molar-refractivity contribution < 1.29 is 9.53 Å². The molecule has 2 heterocycles. The number of rotatable bonds is 6. The van der Waals surface area contributed by atoms with Crippen molar-refractivity contribution in [3.63, 3.8) is 0 Å². The predicted octanol–water partition coefficient (Wildman–Crippen LogP) is 3.57. The van der Waals surface area contributed by atoms with E-state index in [1.54, 1.807) is 13.3 Å². The molecule has 2 aromatic rings. The van der Waals surface area contributed by atoms with Crippen LogP contribution in [-0.2, 0) is 4.74 Å². The lowest BCUT2D eigenvalue weighted by molar-refractivity contribution is 0.0760. The van der Waals surface area contributed by atoms with Crippen LogP contribution in [0.1, 0.15) is 41.1 Å². The maximum atomic E-state index is 12.9. The Balaban J connectivity index is 1.60. The summed E-state index contributed by atoms with van der Waals surface area (Å²) in [6, 6.07) is 14.4. The minimum atomic E-state index is 0.0855. The van der Waals surface area contributed by atoms with Crippen LogP contribution >= 0.6 is 0 Å². The zero-order chi connectivity index (χ0) is 19.1. The third kappa shape index (κ3) is 5.07. The van der Waals surface area contributed by atoms with E-state index >= 15 is 0 Å². The summed E-state index contributed by atoms with van der Waals surface area (Å²) in [7, 11) is 3.66. The van der Waals surface area contributed by atoms with Gasteiger partial charge >= 0.3 is 0 Å². The molecule has 5 nitrogen and oxygen atoms in total. The molecule has 1 aliphatic rings. The van der Waals surface area contributed by atoms with Gasteiger partial charge in [-0.1, -0.05) is 30.3 Å². The van der Waals surface area contributed by atoms with Crippen LogP contribution in [0.15, 0.2) is 48.7 Å². The van der Waals surface area contributed by atoms with Gasteiger partial charge in [0.25, 0.3) is 5.91 Å². The molecule has 1 fully saturated rings. The Morgan fingerprint density at radius 1 is 1.19 bits per heavy atom. The molecule has 3 rings (SSSR count). The third-order valence-electron chi connectivity index (χ3n) is 5.30. The van der Waals surface area contributed by atoms with E-state index in [4.69, 9.17) is 4.74 Å². The van der Waals surface area contributed by atoms with Crippen LogP contribution in [-0.4, -0.2) is 56.2 Å². The van der Waals surface area contributed by atoms with E-state index in [9.17, 15) is 4.79 Å². The number of anilines is 1. The molecule has 0 N–H and O–H groups in total. The normalized spacial score (nSPS) is 17.4. The first kappa shape index (κ1) is 19.4. The Hall–Kier alpha value is -2.40. The van der Waals surface area contributed by atoms with Crippen LogP contribution in [0.4, 0.5) is 5.82 Å². The molecule has 0 unspecified atom stereocenters. The molecule has 1 amide bonds. The van der Waals surface area contributed by atoms with E-state index < -0.39 is 0 Å². The molecule has 5 heteroatoms. The maximum absolute atomic E-state index is 12.9. The Morgan fingerprint density at radius 3 is 2.70 bits per heavy atom. The number of carbonyl (C=O) groups is 1. The zero-order valence-corrected chi connectivity index (χ0v) is 16.3. The minimum Gasteiger partial charge on any atom is -0.383 e. The lowest BCUT2D eigenvalue weighted by Crippen LogP contribution is -2.32. The number of hydrogen-bond acceptors (Lipinski definition) is 4. The monoisotopic (exact) mass is 367 g/mol. The smallest absolute Gasteiger partial charge is 0.255 e. The van der Waals surface area contributed by atoms with Gasteiger partial charge in [0.2, 0.25) is 0 Å². The molecular weight excluding hydrogens is 338 g/mol. The number of ether oxygens (including phenoxy) is 1. The van der Waals surface area contributed by atoms with Gasteiger partial charge in [-0.05, 0) is 42.9 Å². The summed E-state index contributed by atoms with van der Waals surface area (Å²) in [5.41, 5.74) is 2.05. The highest BCUT2D eigenvalue weighted by Gasteiger charge is 2.22. The van der Waals surface area contributed by atoms with Crippen LogP contribution in [0.2, 0.25) is 0 Å². The first-order valence-corrected chi connectivity index (χ1v) is 9.69. The number of likely N-dealkylation sites (N-methyl/N-ethyl adjacent to an activating group) is 1. The summed E-state index contributed by atoms with van der Waals surface area (Å²) < 4.78 is 5.10. The molecule has 0 aliphatic carbocycles. The van der Waals surface area contributed by atoms with Gasteiger partial charge in [-0.3, -0.25) is 4.79 Å². The highest BCUT2D eigenvalue weighted by atomic mass is 16.5. The zero-order valence-electron chi connectivity index (χ0n) is 16.3. The number of carbonyl (C=O) groups excluding carboxylic acids is 1. The average molecular weight is 367 g/mol. The quantitative estimate of drug-likeness (QED) is 0.783. The first-order valence-electron chi connectivity index (χ1n) is 9.69. The maximum Gasteiger partial charge on any atom is 0.255 e. The van der Waals surface area contributed by atoms with Crippen molar-refractivity contribution >= 4 is 11.7 Å². The van der Waals surface area contributed by atoms with Crippen LogP contribution in [0.25, 0.3) is 0 Å². The van der Waals surface area contributed by atoms with Gasteiger partial charge in [-0.15, -0.1) is 0 Å². The third-order valence-corrected chi connectivity index (χ3v) is 5.30. The van der Waals surface area contributed by atoms with E-state index in [1.165, 1.54) is 5.56 Å². The van der Waals surface area contributed by atoms with Crippen LogP contribution < -0.4 is 4.90 Å². The van der Waals surface area contributed by atoms with Gasteiger partial charge in [0.1, 0.15) is 5.82 Å². The summed E-state index contributed by atoms with van der Waals surface area (Å²) in [6.45, 7) is 3.03. The summed E-state index contributed by atoms with van der Waals surface area (Å²) in [4.78, 5) is 21.4. The molecule has 0 spiro atoms. The molecule has 0 bridgehead atoms. The van der Waals surface area contributed by atoms with Gasteiger partial charge in [0, 0.05) is 40.0 Å². The molecule has 0 saturated carbocycles. The molecule has 1 atom stereocenters. The molecular formula is C22H29N3O2. The fourth-order valence-electron chi connectivity index (χ4n) is 3.62. The van der Waals surface area contributed by atoms with Crippen molar-refractivity contribution in [3.05, 3.63) is 59.8 Å². The highest BCUT2D eigenvalue weighted by Crippen LogP contribution is 2.28. The Labute approximate surface area is 162 Å². The van der Waals surface area contributed by atoms with Gasteiger partial charge in [0.15, 0.2) is 0 Å². The number of hydrogen-bond donors (Lipinski definition) is 0. The fraction of sp³-hybridized carbons (Fsp3) is 0.455. The highest BCUT2D eigenvalue weighted by molar-refractivity contribution is 5.94. The lowest BCUT2D eigenvalue weighted by Gasteiger charge is -2.22. The van der Waals surface area contributed by atoms with E-state index in [2.05, 4.69) is 35.3 Å². The van der Waals surface area contributed by atoms with Crippen molar-refractivity contribution in [2.75, 3.05) is 45.3 Å². The topological polar surface area (TPSA) is 45.7 Å². The van der Waals surface area contributed by atoms with Gasteiger partial charge in [-0.2, -0.15) is 0 Å². The van der Waals surface area contributed by atoms with E-state index in [1.807, 2.05) is 29.0 Å². The Kier molecular flexibility index (Phi) is 6.82. The number of methoxy groups -OCH3 is 1. The van der Waals surface area contributed by atoms with Crippen molar-refractivity contribution in [3.8, 4) is 0 Å². The number of amides is 1. The van der Waals surface area contributed by atoms with E-state index in [0.717, 1.165) is 44.7 Å². The lowest BCUT2D eigenvalue weighted by atomic mass is 9.92. The summed E-state index contributed by atoms with van der Waals surface area (Å²) >= 11 is 0. The van der Waals surface area contributed by atoms with Crippen molar-refractivity contribution in [1.29, 1.82) is 0 Å². The molecule has 1 aromatic carbocycles. The van der Waals surface area contributed by atoms with Crippen molar-refractivity contribution in [2.24, 2.45) is 0 Å². The fourth-order valence-corrected chi connectivity index (χ4v) is 3.62. The number of benzene rings is 1. The molecule has 1 aliphatic heterocycles. The summed E-state index contributed by atoms with van der Waals surface area (Å²) in [6.07, 6.45) is 4.88. The summed E-state index contributed by atoms with van der Waals surface area (Å²) in [5.74, 6) is 1.48. The average Bonchev–Trinajstić information content (AvgIpc) is 2.98. The second kappa shape index (κ2) is 9.51. The molecule has 1 saturated heterocycles. The van der Waals surface area contributed by atoms with Gasteiger partial charge in [0.05, 0.1) is 12.2 Å². The number of likely N-dealkylation sites (tertiary alicyclic amines) is 1. The first-order chi connectivity index (χ1) is 13.2. The second-order valence-corrected chi connectivity index (χ2v) is 7.15. The molecule has 1 aromatic heterocycles. The van der Waals surface area contributed by atoms with E-state index in [-0.39, 0.29) is 5.91 Å². The number of aromatic nitrogens is 1.